The van der Waals surface area contributed by atoms with Gasteiger partial charge in [0.1, 0.15) is 0 Å². The van der Waals surface area contributed by atoms with Crippen LogP contribution in [0.5, 0.6) is 0 Å². The van der Waals surface area contributed by atoms with Gasteiger partial charge in [0.25, 0.3) is 0 Å². The van der Waals surface area contributed by atoms with Crippen LogP contribution >= 0.6 is 0 Å². The SMILES string of the molecule is CCCc1cccc(N2CCC(C)C2)c1. The van der Waals surface area contributed by atoms with E-state index in [1.165, 1.54) is 43.6 Å². The Morgan fingerprint density at radius 1 is 1.40 bits per heavy atom. The normalized spacial score (nSPS) is 20.9. The summed E-state index contributed by atoms with van der Waals surface area (Å²) in [6.45, 7) is 7.05. The zero-order chi connectivity index (χ0) is 10.7. The molecule has 0 amide bonds. The number of anilines is 1. The molecule has 0 radical (unpaired) electrons. The first-order valence-electron chi connectivity index (χ1n) is 6.13. The Kier molecular flexibility index (Phi) is 3.30. The van der Waals surface area contributed by atoms with Crippen LogP contribution in [0.25, 0.3) is 0 Å². The van der Waals surface area contributed by atoms with Crippen LogP contribution in [-0.2, 0) is 6.42 Å². The molecule has 1 nitrogen and oxygen atoms in total. The second-order valence-electron chi connectivity index (χ2n) is 4.76. The van der Waals surface area contributed by atoms with Gasteiger partial charge in [0.15, 0.2) is 0 Å². The first-order chi connectivity index (χ1) is 7.29. The van der Waals surface area contributed by atoms with Crippen molar-refractivity contribution in [1.82, 2.24) is 0 Å². The minimum Gasteiger partial charge on any atom is -0.371 e. The minimum absolute atomic E-state index is 0.861. The van der Waals surface area contributed by atoms with Gasteiger partial charge >= 0.3 is 0 Å². The molecule has 0 aromatic heterocycles. The minimum atomic E-state index is 0.861. The van der Waals surface area contributed by atoms with Crippen molar-refractivity contribution in [2.45, 2.75) is 33.1 Å². The van der Waals surface area contributed by atoms with Crippen molar-refractivity contribution in [2.75, 3.05) is 18.0 Å². The van der Waals surface area contributed by atoms with Crippen LogP contribution in [0, 0.1) is 5.92 Å². The number of benzene rings is 1. The van der Waals surface area contributed by atoms with Crippen molar-refractivity contribution in [1.29, 1.82) is 0 Å². The Morgan fingerprint density at radius 2 is 2.27 bits per heavy atom. The molecule has 2 rings (SSSR count). The second kappa shape index (κ2) is 4.69. The molecule has 1 aromatic carbocycles. The molecule has 0 N–H and O–H groups in total. The van der Waals surface area contributed by atoms with Gasteiger partial charge in [-0.2, -0.15) is 0 Å². The maximum absolute atomic E-state index is 2.52. The van der Waals surface area contributed by atoms with Crippen molar-refractivity contribution in [3.8, 4) is 0 Å². The molecule has 1 unspecified atom stereocenters. The number of hydrogen-bond donors (Lipinski definition) is 0. The fourth-order valence-electron chi connectivity index (χ4n) is 2.37. The molecule has 0 bridgehead atoms. The Hall–Kier alpha value is -0.980. The van der Waals surface area contributed by atoms with Crippen LogP contribution in [-0.4, -0.2) is 13.1 Å². The smallest absolute Gasteiger partial charge is 0.0369 e. The van der Waals surface area contributed by atoms with Crippen LogP contribution in [0.3, 0.4) is 0 Å². The highest BCUT2D eigenvalue weighted by atomic mass is 15.1. The van der Waals surface area contributed by atoms with Gasteiger partial charge in [-0.25, -0.2) is 0 Å². The molecule has 15 heavy (non-hydrogen) atoms. The monoisotopic (exact) mass is 203 g/mol. The lowest BCUT2D eigenvalue weighted by Gasteiger charge is -2.18. The number of hydrogen-bond acceptors (Lipinski definition) is 1. The first kappa shape index (κ1) is 10.5. The summed E-state index contributed by atoms with van der Waals surface area (Å²) in [6, 6.07) is 9.05. The third-order valence-corrected chi connectivity index (χ3v) is 3.24. The molecule has 1 atom stereocenters. The lowest BCUT2D eigenvalue weighted by Crippen LogP contribution is -2.18. The molecular formula is C14H21N. The van der Waals surface area contributed by atoms with Crippen LogP contribution in [0.2, 0.25) is 0 Å². The summed E-state index contributed by atoms with van der Waals surface area (Å²) in [4.78, 5) is 2.52. The van der Waals surface area contributed by atoms with Gasteiger partial charge in [0, 0.05) is 18.8 Å². The van der Waals surface area contributed by atoms with Crippen molar-refractivity contribution in [3.63, 3.8) is 0 Å². The van der Waals surface area contributed by atoms with Gasteiger partial charge in [0.2, 0.25) is 0 Å². The fourth-order valence-corrected chi connectivity index (χ4v) is 2.37. The lowest BCUT2D eigenvalue weighted by atomic mass is 10.1. The predicted octanol–water partition coefficient (Wildman–Crippen LogP) is 3.49. The number of nitrogens with zero attached hydrogens (tertiary/aromatic N) is 1. The molecule has 1 saturated heterocycles. The van der Waals surface area contributed by atoms with Crippen LogP contribution in [0.4, 0.5) is 5.69 Å². The largest absolute Gasteiger partial charge is 0.371 e. The summed E-state index contributed by atoms with van der Waals surface area (Å²) in [5, 5.41) is 0. The summed E-state index contributed by atoms with van der Waals surface area (Å²) in [7, 11) is 0. The topological polar surface area (TPSA) is 3.24 Å². The van der Waals surface area contributed by atoms with Crippen LogP contribution in [0.1, 0.15) is 32.3 Å². The van der Waals surface area contributed by atoms with Crippen molar-refractivity contribution < 1.29 is 0 Å². The van der Waals surface area contributed by atoms with Crippen molar-refractivity contribution in [3.05, 3.63) is 29.8 Å². The van der Waals surface area contributed by atoms with Gasteiger partial charge in [-0.05, 0) is 36.5 Å². The number of rotatable bonds is 3. The molecule has 1 aliphatic heterocycles. The van der Waals surface area contributed by atoms with E-state index in [0.717, 1.165) is 5.92 Å². The summed E-state index contributed by atoms with van der Waals surface area (Å²) in [5.41, 5.74) is 2.90. The van der Waals surface area contributed by atoms with E-state index >= 15 is 0 Å². The second-order valence-corrected chi connectivity index (χ2v) is 4.76. The Labute approximate surface area is 93.1 Å². The van der Waals surface area contributed by atoms with E-state index in [0.29, 0.717) is 0 Å². The highest BCUT2D eigenvalue weighted by Crippen LogP contribution is 2.24. The van der Waals surface area contributed by atoms with Gasteiger partial charge < -0.3 is 4.90 Å². The molecule has 0 spiro atoms. The lowest BCUT2D eigenvalue weighted by molar-refractivity contribution is 0.659. The summed E-state index contributed by atoms with van der Waals surface area (Å²) < 4.78 is 0. The van der Waals surface area contributed by atoms with Gasteiger partial charge in [-0.15, -0.1) is 0 Å². The quantitative estimate of drug-likeness (QED) is 0.727. The van der Waals surface area contributed by atoms with E-state index in [4.69, 9.17) is 0 Å². The molecular weight excluding hydrogens is 182 g/mol. The maximum Gasteiger partial charge on any atom is 0.0369 e. The average molecular weight is 203 g/mol. The van der Waals surface area contributed by atoms with E-state index in [1.54, 1.807) is 0 Å². The third-order valence-electron chi connectivity index (χ3n) is 3.24. The molecule has 1 heteroatoms. The van der Waals surface area contributed by atoms with E-state index < -0.39 is 0 Å². The Bertz CT molecular complexity index is 319. The fraction of sp³-hybridized carbons (Fsp3) is 0.571. The Balaban J connectivity index is 2.10. The van der Waals surface area contributed by atoms with Crippen molar-refractivity contribution in [2.24, 2.45) is 5.92 Å². The standard InChI is InChI=1S/C14H21N/c1-3-5-13-6-4-7-14(10-13)15-9-8-12(2)11-15/h4,6-7,10,12H,3,5,8-9,11H2,1-2H3. The van der Waals surface area contributed by atoms with E-state index in [2.05, 4.69) is 43.0 Å². The van der Waals surface area contributed by atoms with Gasteiger partial charge in [-0.3, -0.25) is 0 Å². The predicted molar refractivity (Wildman–Crippen MR) is 66.4 cm³/mol. The summed E-state index contributed by atoms with van der Waals surface area (Å²) >= 11 is 0. The molecule has 0 aliphatic carbocycles. The zero-order valence-electron chi connectivity index (χ0n) is 9.87. The Morgan fingerprint density at radius 3 is 2.93 bits per heavy atom. The average Bonchev–Trinajstić information content (AvgIpc) is 2.66. The number of aryl methyl sites for hydroxylation is 1. The van der Waals surface area contributed by atoms with Gasteiger partial charge in [-0.1, -0.05) is 32.4 Å². The first-order valence-corrected chi connectivity index (χ1v) is 6.13. The van der Waals surface area contributed by atoms with E-state index in [1.807, 2.05) is 0 Å². The van der Waals surface area contributed by atoms with E-state index in [9.17, 15) is 0 Å². The van der Waals surface area contributed by atoms with Crippen LogP contribution < -0.4 is 4.90 Å². The molecule has 1 heterocycles. The van der Waals surface area contributed by atoms with Gasteiger partial charge in [0.05, 0.1) is 0 Å². The molecule has 1 aromatic rings. The van der Waals surface area contributed by atoms with Crippen LogP contribution in [0.15, 0.2) is 24.3 Å². The molecule has 82 valence electrons. The zero-order valence-corrected chi connectivity index (χ0v) is 9.87. The highest BCUT2D eigenvalue weighted by molar-refractivity contribution is 5.49. The van der Waals surface area contributed by atoms with Crippen molar-refractivity contribution >= 4 is 5.69 Å². The maximum atomic E-state index is 2.52. The summed E-state index contributed by atoms with van der Waals surface area (Å²) in [6.07, 6.45) is 3.79. The summed E-state index contributed by atoms with van der Waals surface area (Å²) in [5.74, 6) is 0.861. The third kappa shape index (κ3) is 2.53. The van der Waals surface area contributed by atoms with E-state index in [-0.39, 0.29) is 0 Å². The molecule has 1 fully saturated rings. The highest BCUT2D eigenvalue weighted by Gasteiger charge is 2.18. The molecule has 1 aliphatic rings. The molecule has 0 saturated carbocycles.